The summed E-state index contributed by atoms with van der Waals surface area (Å²) < 4.78 is 6.36. The zero-order valence-corrected chi connectivity index (χ0v) is 14.6. The molecular weight excluding hydrogens is 316 g/mol. The molecule has 1 aliphatic heterocycles. The molecule has 0 radical (unpaired) electrons. The number of hydrogen-bond acceptors (Lipinski definition) is 1. The fourth-order valence-electron chi connectivity index (χ4n) is 5.31. The van der Waals surface area contributed by atoms with Crippen molar-refractivity contribution in [1.82, 2.24) is 0 Å². The fraction of sp³-hybridized carbons (Fsp3) is 0.200. The molecule has 0 saturated carbocycles. The lowest BCUT2D eigenvalue weighted by atomic mass is 9.68. The molecule has 0 N–H and O–H groups in total. The van der Waals surface area contributed by atoms with Crippen LogP contribution in [0.1, 0.15) is 35.1 Å². The van der Waals surface area contributed by atoms with Crippen molar-refractivity contribution >= 4 is 21.5 Å². The van der Waals surface area contributed by atoms with Crippen LogP contribution in [0.25, 0.3) is 21.5 Å². The van der Waals surface area contributed by atoms with Crippen LogP contribution in [-0.2, 0) is 4.74 Å². The van der Waals surface area contributed by atoms with Crippen molar-refractivity contribution in [3.8, 4) is 0 Å². The van der Waals surface area contributed by atoms with E-state index in [1.165, 1.54) is 38.2 Å². The topological polar surface area (TPSA) is 9.23 Å². The molecule has 1 aliphatic carbocycles. The monoisotopic (exact) mass is 336 g/mol. The predicted octanol–water partition coefficient (Wildman–Crippen LogP) is 6.22. The third-order valence-corrected chi connectivity index (χ3v) is 6.30. The van der Waals surface area contributed by atoms with Crippen LogP contribution in [0.5, 0.6) is 0 Å². The smallest absolute Gasteiger partial charge is 0.0875 e. The van der Waals surface area contributed by atoms with Gasteiger partial charge in [-0.05, 0) is 50.7 Å². The molecule has 1 nitrogen and oxygen atoms in total. The van der Waals surface area contributed by atoms with Gasteiger partial charge in [0.25, 0.3) is 0 Å². The SMILES string of the molecule is c1ccc([C@H]2c3cccc4cc5ccccc5c(c34)[C@@H]3OCC[C@H]23)cc1. The Morgan fingerprint density at radius 1 is 0.769 bits per heavy atom. The lowest BCUT2D eigenvalue weighted by molar-refractivity contribution is 0.0870. The Labute approximate surface area is 153 Å². The maximum absolute atomic E-state index is 6.36. The van der Waals surface area contributed by atoms with E-state index in [9.17, 15) is 0 Å². The number of ether oxygens (including phenoxy) is 1. The molecule has 1 saturated heterocycles. The van der Waals surface area contributed by atoms with Crippen molar-refractivity contribution in [2.45, 2.75) is 18.4 Å². The highest BCUT2D eigenvalue weighted by molar-refractivity contribution is 6.05. The van der Waals surface area contributed by atoms with Crippen LogP contribution < -0.4 is 0 Å². The molecule has 1 heteroatoms. The van der Waals surface area contributed by atoms with Gasteiger partial charge in [-0.2, -0.15) is 0 Å². The van der Waals surface area contributed by atoms with Crippen molar-refractivity contribution < 1.29 is 4.74 Å². The van der Waals surface area contributed by atoms with Crippen LogP contribution >= 0.6 is 0 Å². The van der Waals surface area contributed by atoms with E-state index in [2.05, 4.69) is 78.9 Å². The minimum atomic E-state index is 0.198. The first-order valence-electron chi connectivity index (χ1n) is 9.52. The Kier molecular flexibility index (Phi) is 3.03. The second-order valence-electron chi connectivity index (χ2n) is 7.59. The molecule has 4 aromatic carbocycles. The van der Waals surface area contributed by atoms with Gasteiger partial charge in [0.1, 0.15) is 0 Å². The van der Waals surface area contributed by atoms with E-state index in [4.69, 9.17) is 4.74 Å². The van der Waals surface area contributed by atoms with Gasteiger partial charge in [-0.25, -0.2) is 0 Å². The molecule has 1 heterocycles. The zero-order chi connectivity index (χ0) is 17.1. The maximum atomic E-state index is 6.36. The van der Waals surface area contributed by atoms with Crippen LogP contribution in [-0.4, -0.2) is 6.61 Å². The average molecular weight is 336 g/mol. The molecule has 0 unspecified atom stereocenters. The highest BCUT2D eigenvalue weighted by Crippen LogP contribution is 2.55. The minimum Gasteiger partial charge on any atom is -0.373 e. The highest BCUT2D eigenvalue weighted by atomic mass is 16.5. The van der Waals surface area contributed by atoms with E-state index < -0.39 is 0 Å². The van der Waals surface area contributed by atoms with E-state index in [-0.39, 0.29) is 6.10 Å². The van der Waals surface area contributed by atoms with Crippen molar-refractivity contribution in [2.24, 2.45) is 5.92 Å². The van der Waals surface area contributed by atoms with Gasteiger partial charge in [-0.3, -0.25) is 0 Å². The van der Waals surface area contributed by atoms with Crippen molar-refractivity contribution in [1.29, 1.82) is 0 Å². The number of fused-ring (bicyclic) bond motifs is 4. The van der Waals surface area contributed by atoms with E-state index in [0.29, 0.717) is 11.8 Å². The molecule has 0 aromatic heterocycles. The van der Waals surface area contributed by atoms with Gasteiger partial charge in [0.2, 0.25) is 0 Å². The third-order valence-electron chi connectivity index (χ3n) is 6.30. The lowest BCUT2D eigenvalue weighted by Gasteiger charge is -2.36. The summed E-state index contributed by atoms with van der Waals surface area (Å²) in [7, 11) is 0. The second kappa shape index (κ2) is 5.43. The van der Waals surface area contributed by atoms with Crippen LogP contribution in [0.4, 0.5) is 0 Å². The molecule has 0 amide bonds. The summed E-state index contributed by atoms with van der Waals surface area (Å²) in [5, 5.41) is 5.43. The quantitative estimate of drug-likeness (QED) is 0.375. The molecule has 3 atom stereocenters. The first-order chi connectivity index (χ1) is 12.9. The van der Waals surface area contributed by atoms with Gasteiger partial charge in [0, 0.05) is 18.4 Å². The van der Waals surface area contributed by atoms with Crippen molar-refractivity contribution in [2.75, 3.05) is 6.61 Å². The van der Waals surface area contributed by atoms with E-state index in [1.54, 1.807) is 0 Å². The summed E-state index contributed by atoms with van der Waals surface area (Å²) in [5.41, 5.74) is 4.31. The molecule has 2 aliphatic rings. The molecule has 4 aromatic rings. The van der Waals surface area contributed by atoms with Crippen LogP contribution in [0.15, 0.2) is 78.9 Å². The normalized spacial score (nSPS) is 24.1. The third kappa shape index (κ3) is 1.89. The van der Waals surface area contributed by atoms with E-state index >= 15 is 0 Å². The largest absolute Gasteiger partial charge is 0.373 e. The molecule has 6 rings (SSSR count). The van der Waals surface area contributed by atoms with Gasteiger partial charge in [0.05, 0.1) is 6.10 Å². The van der Waals surface area contributed by atoms with Crippen molar-refractivity contribution in [3.05, 3.63) is 95.6 Å². The first kappa shape index (κ1) is 14.5. The maximum Gasteiger partial charge on any atom is 0.0875 e. The Morgan fingerprint density at radius 2 is 1.58 bits per heavy atom. The number of benzene rings is 4. The van der Waals surface area contributed by atoms with Gasteiger partial charge >= 0.3 is 0 Å². The van der Waals surface area contributed by atoms with Gasteiger partial charge in [0.15, 0.2) is 0 Å². The molecule has 26 heavy (non-hydrogen) atoms. The molecule has 126 valence electrons. The summed E-state index contributed by atoms with van der Waals surface area (Å²) in [5.74, 6) is 0.933. The molecule has 0 bridgehead atoms. The van der Waals surface area contributed by atoms with Gasteiger partial charge < -0.3 is 4.74 Å². The van der Waals surface area contributed by atoms with Gasteiger partial charge in [-0.15, -0.1) is 0 Å². The van der Waals surface area contributed by atoms with Crippen LogP contribution in [0, 0.1) is 5.92 Å². The summed E-state index contributed by atoms with van der Waals surface area (Å²) in [6.45, 7) is 0.859. The fourth-order valence-corrected chi connectivity index (χ4v) is 5.31. The minimum absolute atomic E-state index is 0.198. The summed E-state index contributed by atoms with van der Waals surface area (Å²) in [6.07, 6.45) is 1.33. The van der Waals surface area contributed by atoms with Crippen molar-refractivity contribution in [3.63, 3.8) is 0 Å². The highest BCUT2D eigenvalue weighted by Gasteiger charge is 2.43. The average Bonchev–Trinajstić information content (AvgIpc) is 3.18. The summed E-state index contributed by atoms with van der Waals surface area (Å²) in [6, 6.07) is 28.9. The van der Waals surface area contributed by atoms with Crippen LogP contribution in [0.2, 0.25) is 0 Å². The molecular formula is C25H20O. The Balaban J connectivity index is 1.76. The van der Waals surface area contributed by atoms with E-state index in [1.807, 2.05) is 0 Å². The summed E-state index contributed by atoms with van der Waals surface area (Å²) >= 11 is 0. The number of hydrogen-bond donors (Lipinski definition) is 0. The standard InChI is InChI=1S/C25H20O/c1-2-7-16(8-3-1)22-20-12-6-10-18-15-17-9-4-5-11-19(17)24(23(18)20)25-21(22)13-14-26-25/h1-12,15,21-22,25H,13-14H2/t21-,22+,25-/m1/s1. The lowest BCUT2D eigenvalue weighted by Crippen LogP contribution is -2.23. The Morgan fingerprint density at radius 3 is 2.50 bits per heavy atom. The zero-order valence-electron chi connectivity index (χ0n) is 14.6. The van der Waals surface area contributed by atoms with Gasteiger partial charge in [-0.1, -0.05) is 72.8 Å². The Bertz CT molecular complexity index is 1130. The second-order valence-corrected chi connectivity index (χ2v) is 7.59. The number of rotatable bonds is 1. The molecule has 1 fully saturated rings. The van der Waals surface area contributed by atoms with E-state index in [0.717, 1.165) is 13.0 Å². The first-order valence-corrected chi connectivity index (χ1v) is 9.52. The molecule has 0 spiro atoms. The summed E-state index contributed by atoms with van der Waals surface area (Å²) in [4.78, 5) is 0. The van der Waals surface area contributed by atoms with Crippen LogP contribution in [0.3, 0.4) is 0 Å². The predicted molar refractivity (Wildman–Crippen MR) is 107 cm³/mol. The Hall–Kier alpha value is -2.64.